The first-order valence-electron chi connectivity index (χ1n) is 11.3. The zero-order valence-electron chi connectivity index (χ0n) is 18.8. The van der Waals surface area contributed by atoms with Gasteiger partial charge in [-0.15, -0.1) is 0 Å². The molecule has 34 heavy (non-hydrogen) atoms. The topological polar surface area (TPSA) is 55.1 Å². The summed E-state index contributed by atoms with van der Waals surface area (Å²) in [6.07, 6.45) is 0. The molecule has 0 radical (unpaired) electrons. The van der Waals surface area contributed by atoms with E-state index in [1.165, 1.54) is 0 Å². The second kappa shape index (κ2) is 9.20. The summed E-state index contributed by atoms with van der Waals surface area (Å²) < 4.78 is 2.25. The van der Waals surface area contributed by atoms with Crippen LogP contribution in [0, 0.1) is 0 Å². The zero-order chi connectivity index (χ0) is 23.5. The third-order valence-electron chi connectivity index (χ3n) is 5.97. The summed E-state index contributed by atoms with van der Waals surface area (Å²) >= 11 is 0. The number of benzene rings is 4. The molecule has 4 nitrogen and oxygen atoms in total. The van der Waals surface area contributed by atoms with E-state index in [4.69, 9.17) is 4.98 Å². The summed E-state index contributed by atoms with van der Waals surface area (Å²) in [7, 11) is 0. The van der Waals surface area contributed by atoms with Gasteiger partial charge in [-0.2, -0.15) is 0 Å². The van der Waals surface area contributed by atoms with Crippen LogP contribution in [-0.2, 0) is 6.54 Å². The molecule has 1 aromatic heterocycles. The van der Waals surface area contributed by atoms with Crippen LogP contribution < -0.4 is 0 Å². The van der Waals surface area contributed by atoms with E-state index in [-0.39, 0.29) is 5.56 Å². The minimum atomic E-state index is -0.938. The number of carbonyl (C=O) groups is 1. The van der Waals surface area contributed by atoms with Crippen LogP contribution in [0.1, 0.15) is 17.3 Å². The molecule has 1 N–H and O–H groups in total. The molecule has 5 aromatic rings. The standard InChI is InChI=1S/C30H24N2O2/c1-2-32-28(22-14-7-4-8-15-22)27(21-12-5-3-6-13-21)31-29(32)26-19-10-9-18-25(26)23-16-11-17-24(20-23)30(33)34/h3-20H,2H2,1H3,(H,33,34). The summed E-state index contributed by atoms with van der Waals surface area (Å²) in [6.45, 7) is 2.86. The molecule has 166 valence electrons. The number of carboxylic acid groups (broad SMARTS) is 1. The molecule has 0 saturated carbocycles. The van der Waals surface area contributed by atoms with Crippen molar-refractivity contribution in [1.82, 2.24) is 9.55 Å². The molecule has 0 amide bonds. The first-order chi connectivity index (χ1) is 16.7. The number of hydrogen-bond donors (Lipinski definition) is 1. The van der Waals surface area contributed by atoms with Crippen molar-refractivity contribution < 1.29 is 9.90 Å². The maximum Gasteiger partial charge on any atom is 0.335 e. The Labute approximate surface area is 198 Å². The third kappa shape index (κ3) is 3.90. The van der Waals surface area contributed by atoms with Crippen LogP contribution in [0.15, 0.2) is 109 Å². The van der Waals surface area contributed by atoms with Gasteiger partial charge in [0.1, 0.15) is 5.82 Å². The van der Waals surface area contributed by atoms with Crippen molar-refractivity contribution in [3.63, 3.8) is 0 Å². The van der Waals surface area contributed by atoms with Gasteiger partial charge in [0.2, 0.25) is 0 Å². The Morgan fingerprint density at radius 3 is 1.97 bits per heavy atom. The van der Waals surface area contributed by atoms with Crippen LogP contribution in [0.4, 0.5) is 0 Å². The number of imidazole rings is 1. The summed E-state index contributed by atoms with van der Waals surface area (Å²) in [4.78, 5) is 16.8. The highest BCUT2D eigenvalue weighted by atomic mass is 16.4. The Morgan fingerprint density at radius 1 is 0.735 bits per heavy atom. The molecule has 0 aliphatic heterocycles. The molecule has 0 aliphatic rings. The van der Waals surface area contributed by atoms with Crippen molar-refractivity contribution in [3.05, 3.63) is 115 Å². The SMILES string of the molecule is CCn1c(-c2ccccc2-c2cccc(C(=O)O)c2)nc(-c2ccccc2)c1-c1ccccc1. The van der Waals surface area contributed by atoms with Gasteiger partial charge in [0.15, 0.2) is 0 Å². The monoisotopic (exact) mass is 444 g/mol. The predicted molar refractivity (Wildman–Crippen MR) is 137 cm³/mol. The quantitative estimate of drug-likeness (QED) is 0.300. The predicted octanol–water partition coefficient (Wildman–Crippen LogP) is 7.27. The summed E-state index contributed by atoms with van der Waals surface area (Å²) in [5, 5.41) is 9.50. The smallest absolute Gasteiger partial charge is 0.335 e. The molecule has 4 aromatic carbocycles. The molecule has 5 rings (SSSR count). The fourth-order valence-electron chi connectivity index (χ4n) is 4.40. The van der Waals surface area contributed by atoms with E-state index in [0.29, 0.717) is 0 Å². The van der Waals surface area contributed by atoms with E-state index < -0.39 is 5.97 Å². The fourth-order valence-corrected chi connectivity index (χ4v) is 4.40. The molecule has 0 bridgehead atoms. The molecule has 1 heterocycles. The molecule has 0 atom stereocenters. The molecule has 0 unspecified atom stereocenters. The van der Waals surface area contributed by atoms with Gasteiger partial charge >= 0.3 is 5.97 Å². The first kappa shape index (κ1) is 21.4. The third-order valence-corrected chi connectivity index (χ3v) is 5.97. The second-order valence-corrected chi connectivity index (χ2v) is 8.04. The maximum absolute atomic E-state index is 11.6. The lowest BCUT2D eigenvalue weighted by Gasteiger charge is -2.14. The molecule has 0 aliphatic carbocycles. The number of carboxylic acids is 1. The molecular weight excluding hydrogens is 420 g/mol. The number of aromatic nitrogens is 2. The van der Waals surface area contributed by atoms with Gasteiger partial charge in [0.05, 0.1) is 17.0 Å². The molecule has 0 saturated heterocycles. The van der Waals surface area contributed by atoms with Gasteiger partial charge < -0.3 is 9.67 Å². The Hall–Kier alpha value is -4.44. The van der Waals surface area contributed by atoms with Crippen molar-refractivity contribution in [2.75, 3.05) is 0 Å². The highest BCUT2D eigenvalue weighted by Gasteiger charge is 2.22. The van der Waals surface area contributed by atoms with Gasteiger partial charge in [0, 0.05) is 23.2 Å². The Balaban J connectivity index is 1.78. The number of aromatic carboxylic acids is 1. The fraction of sp³-hybridized carbons (Fsp3) is 0.0667. The van der Waals surface area contributed by atoms with Crippen LogP contribution in [0.3, 0.4) is 0 Å². The summed E-state index contributed by atoms with van der Waals surface area (Å²) in [5.74, 6) is -0.0800. The van der Waals surface area contributed by atoms with E-state index in [1.54, 1.807) is 18.2 Å². The lowest BCUT2D eigenvalue weighted by molar-refractivity contribution is 0.0697. The van der Waals surface area contributed by atoms with Crippen molar-refractivity contribution in [2.24, 2.45) is 0 Å². The minimum Gasteiger partial charge on any atom is -0.478 e. The van der Waals surface area contributed by atoms with Gasteiger partial charge in [0.25, 0.3) is 0 Å². The van der Waals surface area contributed by atoms with E-state index in [0.717, 1.165) is 51.6 Å². The van der Waals surface area contributed by atoms with Crippen LogP contribution in [0.5, 0.6) is 0 Å². The van der Waals surface area contributed by atoms with Gasteiger partial charge in [-0.1, -0.05) is 97.1 Å². The first-order valence-corrected chi connectivity index (χ1v) is 11.3. The Morgan fingerprint density at radius 2 is 1.32 bits per heavy atom. The van der Waals surface area contributed by atoms with Crippen LogP contribution in [0.2, 0.25) is 0 Å². The normalized spacial score (nSPS) is 10.9. The molecular formula is C30H24N2O2. The summed E-state index contributed by atoms with van der Waals surface area (Å²) in [6, 6.07) is 35.7. The van der Waals surface area contributed by atoms with Crippen LogP contribution in [-0.4, -0.2) is 20.6 Å². The molecule has 0 fully saturated rings. The van der Waals surface area contributed by atoms with E-state index in [9.17, 15) is 9.90 Å². The van der Waals surface area contributed by atoms with Gasteiger partial charge in [-0.05, 0) is 30.2 Å². The van der Waals surface area contributed by atoms with Gasteiger partial charge in [-0.25, -0.2) is 9.78 Å². The minimum absolute atomic E-state index is 0.265. The van der Waals surface area contributed by atoms with Crippen LogP contribution >= 0.6 is 0 Å². The second-order valence-electron chi connectivity index (χ2n) is 8.04. The lowest BCUT2D eigenvalue weighted by Crippen LogP contribution is -2.01. The van der Waals surface area contributed by atoms with E-state index >= 15 is 0 Å². The van der Waals surface area contributed by atoms with Crippen molar-refractivity contribution in [1.29, 1.82) is 0 Å². The Bertz CT molecular complexity index is 1450. The average molecular weight is 445 g/mol. The highest BCUT2D eigenvalue weighted by Crippen LogP contribution is 2.39. The molecule has 4 heteroatoms. The lowest BCUT2D eigenvalue weighted by atomic mass is 9.97. The number of hydrogen-bond acceptors (Lipinski definition) is 2. The number of rotatable bonds is 6. The van der Waals surface area contributed by atoms with Crippen molar-refractivity contribution >= 4 is 5.97 Å². The van der Waals surface area contributed by atoms with E-state index in [1.807, 2.05) is 60.7 Å². The molecule has 0 spiro atoms. The average Bonchev–Trinajstić information content (AvgIpc) is 3.29. The largest absolute Gasteiger partial charge is 0.478 e. The highest BCUT2D eigenvalue weighted by molar-refractivity contribution is 5.91. The van der Waals surface area contributed by atoms with Gasteiger partial charge in [-0.3, -0.25) is 0 Å². The number of nitrogens with zero attached hydrogens (tertiary/aromatic N) is 2. The maximum atomic E-state index is 11.6. The zero-order valence-corrected chi connectivity index (χ0v) is 18.8. The van der Waals surface area contributed by atoms with E-state index in [2.05, 4.69) is 41.8 Å². The van der Waals surface area contributed by atoms with Crippen LogP contribution in [0.25, 0.3) is 45.0 Å². The Kier molecular flexibility index (Phi) is 5.79. The van der Waals surface area contributed by atoms with Crippen molar-refractivity contribution in [2.45, 2.75) is 13.5 Å². The van der Waals surface area contributed by atoms with Crippen molar-refractivity contribution in [3.8, 4) is 45.0 Å². The summed E-state index contributed by atoms with van der Waals surface area (Å²) in [5.41, 5.74) is 7.18.